The second-order valence-electron chi connectivity index (χ2n) is 23.3. The Balaban J connectivity index is 0.00000624. The molecular formula is C66H64N3OPt-. The van der Waals surface area contributed by atoms with E-state index in [0.717, 1.165) is 72.5 Å². The molecule has 10 rings (SSSR count). The van der Waals surface area contributed by atoms with Crippen LogP contribution in [0.3, 0.4) is 0 Å². The molecule has 0 aliphatic carbocycles. The molecule has 2 heterocycles. The molecule has 0 amide bonds. The quantitative estimate of drug-likeness (QED) is 0.133. The largest absolute Gasteiger partial charge is 0.507 e. The summed E-state index contributed by atoms with van der Waals surface area (Å²) in [4.78, 5) is 10.7. The predicted octanol–water partition coefficient (Wildman–Crippen LogP) is 17.8. The van der Waals surface area contributed by atoms with Gasteiger partial charge in [0.2, 0.25) is 0 Å². The van der Waals surface area contributed by atoms with Crippen LogP contribution in [-0.2, 0) is 42.7 Å². The van der Waals surface area contributed by atoms with Crippen LogP contribution in [0.25, 0.3) is 94.3 Å². The minimum absolute atomic E-state index is 0. The summed E-state index contributed by atoms with van der Waals surface area (Å²) in [5.41, 5.74) is 15.2. The Kier molecular flexibility index (Phi) is 12.7. The molecule has 0 atom stereocenters. The van der Waals surface area contributed by atoms with Crippen molar-refractivity contribution < 1.29 is 26.2 Å². The predicted molar refractivity (Wildman–Crippen MR) is 296 cm³/mol. The number of phenols is 1. The number of fused-ring (bicyclic) bond motifs is 4. The Hall–Kier alpha value is -6.61. The maximum Gasteiger partial charge on any atom is 0.148 e. The van der Waals surface area contributed by atoms with E-state index in [0.29, 0.717) is 11.4 Å². The van der Waals surface area contributed by atoms with Gasteiger partial charge in [-0.05, 0) is 107 Å². The molecule has 0 bridgehead atoms. The van der Waals surface area contributed by atoms with Crippen molar-refractivity contribution in [2.24, 2.45) is 0 Å². The fourth-order valence-corrected chi connectivity index (χ4v) is 9.82. The minimum atomic E-state index is -0.335. The van der Waals surface area contributed by atoms with Crippen molar-refractivity contribution in [3.63, 3.8) is 0 Å². The molecule has 10 aromatic rings. The molecule has 0 aliphatic heterocycles. The molecular weight excluding hydrogens is 1050 g/mol. The Morgan fingerprint density at radius 1 is 0.465 bits per heavy atom. The first-order chi connectivity index (χ1) is 33.1. The van der Waals surface area contributed by atoms with E-state index in [1.165, 1.54) is 32.7 Å². The van der Waals surface area contributed by atoms with Gasteiger partial charge >= 0.3 is 0 Å². The van der Waals surface area contributed by atoms with Gasteiger partial charge in [0.15, 0.2) is 0 Å². The van der Waals surface area contributed by atoms with Gasteiger partial charge < -0.3 is 5.11 Å². The number of nitrogens with zero attached hydrogens (tertiary/aromatic N) is 3. The fourth-order valence-electron chi connectivity index (χ4n) is 9.82. The third-order valence-electron chi connectivity index (χ3n) is 14.0. The molecule has 8 aromatic carbocycles. The molecule has 0 radical (unpaired) electrons. The molecule has 360 valence electrons. The van der Waals surface area contributed by atoms with E-state index in [1.54, 1.807) is 0 Å². The smallest absolute Gasteiger partial charge is 0.148 e. The number of aromatic hydroxyl groups is 1. The van der Waals surface area contributed by atoms with Gasteiger partial charge in [-0.2, -0.15) is 0 Å². The van der Waals surface area contributed by atoms with E-state index in [-0.39, 0.29) is 48.5 Å². The van der Waals surface area contributed by atoms with Crippen LogP contribution in [0, 0.1) is 6.07 Å². The van der Waals surface area contributed by atoms with Crippen molar-refractivity contribution >= 4 is 32.6 Å². The molecule has 4 nitrogen and oxygen atoms in total. The van der Waals surface area contributed by atoms with E-state index >= 15 is 0 Å². The fraction of sp³-hybridized carbons (Fsp3) is 0.242. The number of imidazole rings is 1. The summed E-state index contributed by atoms with van der Waals surface area (Å²) in [6.45, 7) is 26.8. The van der Waals surface area contributed by atoms with Crippen molar-refractivity contribution in [2.45, 2.75) is 105 Å². The molecule has 5 heteroatoms. The third-order valence-corrected chi connectivity index (χ3v) is 14.0. The summed E-state index contributed by atoms with van der Waals surface area (Å²) in [6.07, 6.45) is 1.92. The van der Waals surface area contributed by atoms with Gasteiger partial charge in [0.05, 0.1) is 22.3 Å². The topological polar surface area (TPSA) is 50.9 Å². The van der Waals surface area contributed by atoms with Crippen LogP contribution in [-0.4, -0.2) is 19.6 Å². The van der Waals surface area contributed by atoms with Gasteiger partial charge in [0.25, 0.3) is 0 Å². The van der Waals surface area contributed by atoms with Crippen molar-refractivity contribution in [1.82, 2.24) is 14.5 Å². The van der Waals surface area contributed by atoms with Gasteiger partial charge in [-0.25, -0.2) is 4.98 Å². The molecule has 1 N–H and O–H groups in total. The van der Waals surface area contributed by atoms with Gasteiger partial charge in [0, 0.05) is 44.1 Å². The van der Waals surface area contributed by atoms with E-state index in [9.17, 15) is 5.11 Å². The average Bonchev–Trinajstić information content (AvgIpc) is 3.72. The first kappa shape index (κ1) is 49.4. The Morgan fingerprint density at radius 2 is 1.08 bits per heavy atom. The summed E-state index contributed by atoms with van der Waals surface area (Å²) < 4.78 is 2.29. The summed E-state index contributed by atoms with van der Waals surface area (Å²) in [7, 11) is 0. The summed E-state index contributed by atoms with van der Waals surface area (Å²) in [5.74, 6) is 0.933. The van der Waals surface area contributed by atoms with Gasteiger partial charge in [-0.15, -0.1) is 29.3 Å². The molecule has 0 unspecified atom stereocenters. The number of rotatable bonds is 6. The molecule has 0 saturated carbocycles. The molecule has 0 spiro atoms. The summed E-state index contributed by atoms with van der Waals surface area (Å²) in [6, 6.07) is 60.8. The average molecular weight is 1110 g/mol. The minimum Gasteiger partial charge on any atom is -0.507 e. The SMILES string of the molecule is CC(C)(C)c1cc(-c2cc(-c3ccc4ccc5ccccc5c4c3)ccn2)[c-]c(-c2cccc3c2nc(-c2cc(C(C)(C)C)cc(C(C)(C)C)c2O)n3-c2ccc(C(C)(C)C)cc2-c2ccccc2)c1.[Pt]. The molecule has 0 fully saturated rings. The first-order valence-electron chi connectivity index (χ1n) is 24.7. The Morgan fingerprint density at radius 3 is 1.79 bits per heavy atom. The van der Waals surface area contributed by atoms with Crippen LogP contribution in [0.15, 0.2) is 164 Å². The van der Waals surface area contributed by atoms with Crippen LogP contribution < -0.4 is 0 Å². The molecule has 2 aromatic heterocycles. The monoisotopic (exact) mass is 1110 g/mol. The summed E-state index contributed by atoms with van der Waals surface area (Å²) in [5, 5.41) is 17.5. The van der Waals surface area contributed by atoms with Gasteiger partial charge in [-0.3, -0.25) is 9.55 Å². The molecule has 0 saturated heterocycles. The molecule has 71 heavy (non-hydrogen) atoms. The number of benzene rings is 8. The van der Waals surface area contributed by atoms with Crippen LogP contribution in [0.4, 0.5) is 0 Å². The zero-order chi connectivity index (χ0) is 49.5. The zero-order valence-electron chi connectivity index (χ0n) is 43.2. The number of para-hydroxylation sites is 1. The number of phenolic OH excluding ortho intramolecular Hbond substituents is 1. The van der Waals surface area contributed by atoms with Crippen LogP contribution in [0.2, 0.25) is 0 Å². The maximum absolute atomic E-state index is 12.6. The summed E-state index contributed by atoms with van der Waals surface area (Å²) >= 11 is 0. The van der Waals surface area contributed by atoms with Crippen molar-refractivity contribution in [3.8, 4) is 67.5 Å². The van der Waals surface area contributed by atoms with Gasteiger partial charge in [-0.1, -0.05) is 203 Å². The van der Waals surface area contributed by atoms with Crippen molar-refractivity contribution in [1.29, 1.82) is 0 Å². The standard InChI is InChI=1S/C66H64N3O.Pt/c1-63(2,3)48-29-30-58(54(38-48)41-19-14-13-15-20-41)69-59-24-18-23-52(60(59)68-62(69)55-39-50(65(7,8)9)40-56(61(55)70)66(10,11)12)46-33-47(35-49(34-46)64(4,5)6)57-37-45(31-32-67-57)44-28-27-43-26-25-42-21-16-17-22-51(42)53(43)36-44;/h13-32,34-40,70H,1-12H3;/q-1;. The van der Waals surface area contributed by atoms with Gasteiger partial charge in [0.1, 0.15) is 11.6 Å². The van der Waals surface area contributed by atoms with Crippen LogP contribution in [0.1, 0.15) is 105 Å². The number of aromatic nitrogens is 3. The number of hydrogen-bond donors (Lipinski definition) is 1. The normalized spacial score (nSPS) is 12.5. The van der Waals surface area contributed by atoms with Crippen LogP contribution >= 0.6 is 0 Å². The molecule has 0 aliphatic rings. The van der Waals surface area contributed by atoms with Crippen molar-refractivity contribution in [3.05, 3.63) is 192 Å². The maximum atomic E-state index is 12.6. The number of hydrogen-bond acceptors (Lipinski definition) is 3. The second-order valence-corrected chi connectivity index (χ2v) is 23.3. The third kappa shape index (κ3) is 9.40. The zero-order valence-corrected chi connectivity index (χ0v) is 45.5. The first-order valence-corrected chi connectivity index (χ1v) is 24.7. The van der Waals surface area contributed by atoms with E-state index in [1.807, 2.05) is 6.20 Å². The Labute approximate surface area is 435 Å². The second kappa shape index (κ2) is 18.2. The van der Waals surface area contributed by atoms with E-state index in [4.69, 9.17) is 9.97 Å². The van der Waals surface area contributed by atoms with E-state index in [2.05, 4.69) is 251 Å². The van der Waals surface area contributed by atoms with Crippen LogP contribution in [0.5, 0.6) is 5.75 Å². The Bertz CT molecular complexity index is 3650. The van der Waals surface area contributed by atoms with Crippen molar-refractivity contribution in [2.75, 3.05) is 0 Å². The van der Waals surface area contributed by atoms with E-state index < -0.39 is 0 Å². The number of pyridine rings is 1.